The van der Waals surface area contributed by atoms with E-state index in [0.717, 1.165) is 31.9 Å². The Morgan fingerprint density at radius 3 is 2.67 bits per heavy atom. The van der Waals surface area contributed by atoms with E-state index in [1.165, 1.54) is 18.4 Å². The number of benzene rings is 1. The van der Waals surface area contributed by atoms with Crippen LogP contribution < -0.4 is 10.1 Å². The highest BCUT2D eigenvalue weighted by Crippen LogP contribution is 2.12. The lowest BCUT2D eigenvalue weighted by Gasteiger charge is -2.07. The van der Waals surface area contributed by atoms with E-state index in [1.54, 1.807) is 0 Å². The van der Waals surface area contributed by atoms with Crippen LogP contribution in [0.4, 0.5) is 0 Å². The van der Waals surface area contributed by atoms with Gasteiger partial charge in [-0.15, -0.1) is 0 Å². The molecular weight excluding hydrogens is 224 g/mol. The maximum Gasteiger partial charge on any atom is 0.119 e. The van der Waals surface area contributed by atoms with Crippen LogP contribution in [0.5, 0.6) is 5.75 Å². The predicted octanol–water partition coefficient (Wildman–Crippen LogP) is 3.26. The zero-order valence-electron chi connectivity index (χ0n) is 11.1. The van der Waals surface area contributed by atoms with Crippen molar-refractivity contribution in [3.63, 3.8) is 0 Å². The molecule has 18 heavy (non-hydrogen) atoms. The summed E-state index contributed by atoms with van der Waals surface area (Å²) in [5.74, 6) is 0.937. The standard InChI is InChI=1S/C15H22N2O/c1-2-3-4-12-18-15-8-6-14(7-9-15)13-17-11-5-10-16/h6-9,17H,2-5,11-13H2,1H3. The molecule has 1 N–H and O–H groups in total. The Kier molecular flexibility index (Phi) is 7.66. The van der Waals surface area contributed by atoms with Crippen molar-refractivity contribution in [1.82, 2.24) is 5.32 Å². The summed E-state index contributed by atoms with van der Waals surface area (Å²) in [4.78, 5) is 0. The maximum absolute atomic E-state index is 8.41. The lowest BCUT2D eigenvalue weighted by molar-refractivity contribution is 0.306. The third kappa shape index (κ3) is 6.27. The molecule has 98 valence electrons. The fourth-order valence-corrected chi connectivity index (χ4v) is 1.62. The fourth-order valence-electron chi connectivity index (χ4n) is 1.62. The topological polar surface area (TPSA) is 45.0 Å². The van der Waals surface area contributed by atoms with Crippen LogP contribution in [0.1, 0.15) is 38.2 Å². The summed E-state index contributed by atoms with van der Waals surface area (Å²) in [6.07, 6.45) is 4.12. The van der Waals surface area contributed by atoms with Crippen LogP contribution in [0, 0.1) is 11.3 Å². The van der Waals surface area contributed by atoms with Gasteiger partial charge >= 0.3 is 0 Å². The fraction of sp³-hybridized carbons (Fsp3) is 0.533. The summed E-state index contributed by atoms with van der Waals surface area (Å²) in [5.41, 5.74) is 1.22. The van der Waals surface area contributed by atoms with Crippen LogP contribution in [-0.4, -0.2) is 13.2 Å². The molecule has 0 aliphatic rings. The van der Waals surface area contributed by atoms with Crippen molar-refractivity contribution in [2.45, 2.75) is 39.2 Å². The van der Waals surface area contributed by atoms with Gasteiger partial charge in [0.2, 0.25) is 0 Å². The van der Waals surface area contributed by atoms with Crippen molar-refractivity contribution in [3.8, 4) is 11.8 Å². The van der Waals surface area contributed by atoms with Gasteiger partial charge in [0.05, 0.1) is 12.7 Å². The molecule has 0 fully saturated rings. The van der Waals surface area contributed by atoms with Gasteiger partial charge in [0.15, 0.2) is 0 Å². The summed E-state index contributed by atoms with van der Waals surface area (Å²) >= 11 is 0. The minimum absolute atomic E-state index is 0.554. The zero-order valence-corrected chi connectivity index (χ0v) is 11.1. The van der Waals surface area contributed by atoms with Crippen LogP contribution in [0.25, 0.3) is 0 Å². The van der Waals surface area contributed by atoms with Crippen molar-refractivity contribution in [2.75, 3.05) is 13.2 Å². The van der Waals surface area contributed by atoms with Crippen molar-refractivity contribution >= 4 is 0 Å². The first kappa shape index (κ1) is 14.5. The first-order valence-corrected chi connectivity index (χ1v) is 6.66. The van der Waals surface area contributed by atoms with Gasteiger partial charge in [-0.05, 0) is 24.1 Å². The summed E-state index contributed by atoms with van der Waals surface area (Å²) < 4.78 is 5.64. The first-order chi connectivity index (χ1) is 8.86. The minimum atomic E-state index is 0.554. The number of rotatable bonds is 9. The molecule has 0 spiro atoms. The molecule has 0 amide bonds. The lowest BCUT2D eigenvalue weighted by Crippen LogP contribution is -2.13. The van der Waals surface area contributed by atoms with E-state index >= 15 is 0 Å². The Hall–Kier alpha value is -1.53. The van der Waals surface area contributed by atoms with Gasteiger partial charge in [-0.25, -0.2) is 0 Å². The molecule has 0 radical (unpaired) electrons. The van der Waals surface area contributed by atoms with Crippen LogP contribution in [0.15, 0.2) is 24.3 Å². The lowest BCUT2D eigenvalue weighted by atomic mass is 10.2. The van der Waals surface area contributed by atoms with Gasteiger partial charge in [-0.3, -0.25) is 0 Å². The number of nitrogens with one attached hydrogen (secondary N) is 1. The van der Waals surface area contributed by atoms with Crippen LogP contribution in [-0.2, 0) is 6.54 Å². The number of hydrogen-bond acceptors (Lipinski definition) is 3. The molecule has 1 aromatic carbocycles. The van der Waals surface area contributed by atoms with E-state index in [4.69, 9.17) is 10.00 Å². The molecule has 0 aliphatic carbocycles. The maximum atomic E-state index is 8.41. The number of unbranched alkanes of at least 4 members (excludes halogenated alkanes) is 2. The second-order valence-corrected chi connectivity index (χ2v) is 4.28. The van der Waals surface area contributed by atoms with Crippen molar-refractivity contribution in [1.29, 1.82) is 5.26 Å². The molecular formula is C15H22N2O. The van der Waals surface area contributed by atoms with Crippen molar-refractivity contribution in [3.05, 3.63) is 29.8 Å². The average molecular weight is 246 g/mol. The Morgan fingerprint density at radius 1 is 1.22 bits per heavy atom. The number of nitrogens with zero attached hydrogens (tertiary/aromatic N) is 1. The summed E-state index contributed by atoms with van der Waals surface area (Å²) in [6, 6.07) is 10.3. The van der Waals surface area contributed by atoms with E-state index in [9.17, 15) is 0 Å². The Bertz CT molecular complexity index is 354. The molecule has 1 aromatic rings. The quantitative estimate of drug-likeness (QED) is 0.680. The molecule has 0 atom stereocenters. The molecule has 0 unspecified atom stereocenters. The Labute approximate surface area is 110 Å². The summed E-state index contributed by atoms with van der Waals surface area (Å²) in [6.45, 7) is 4.53. The minimum Gasteiger partial charge on any atom is -0.494 e. The molecule has 3 heteroatoms. The highest BCUT2D eigenvalue weighted by atomic mass is 16.5. The normalized spacial score (nSPS) is 10.0. The SMILES string of the molecule is CCCCCOc1ccc(CNCCC#N)cc1. The third-order valence-electron chi connectivity index (χ3n) is 2.68. The molecule has 3 nitrogen and oxygen atoms in total. The zero-order chi connectivity index (χ0) is 13.1. The molecule has 0 aliphatic heterocycles. The van der Waals surface area contributed by atoms with Crippen LogP contribution in [0.2, 0.25) is 0 Å². The highest BCUT2D eigenvalue weighted by molar-refractivity contribution is 5.27. The third-order valence-corrected chi connectivity index (χ3v) is 2.68. The predicted molar refractivity (Wildman–Crippen MR) is 73.4 cm³/mol. The van der Waals surface area contributed by atoms with E-state index in [0.29, 0.717) is 6.42 Å². The number of ether oxygens (including phenoxy) is 1. The number of hydrogen-bond donors (Lipinski definition) is 1. The van der Waals surface area contributed by atoms with E-state index in [2.05, 4.69) is 30.4 Å². The summed E-state index contributed by atoms with van der Waals surface area (Å²) in [5, 5.41) is 11.6. The van der Waals surface area contributed by atoms with Crippen molar-refractivity contribution < 1.29 is 4.74 Å². The van der Waals surface area contributed by atoms with E-state index < -0.39 is 0 Å². The van der Waals surface area contributed by atoms with Gasteiger partial charge in [-0.2, -0.15) is 5.26 Å². The molecule has 0 saturated carbocycles. The molecule has 0 aromatic heterocycles. The first-order valence-electron chi connectivity index (χ1n) is 6.66. The second kappa shape index (κ2) is 9.49. The smallest absolute Gasteiger partial charge is 0.119 e. The van der Waals surface area contributed by atoms with Crippen molar-refractivity contribution in [2.24, 2.45) is 0 Å². The average Bonchev–Trinajstić information content (AvgIpc) is 2.41. The Morgan fingerprint density at radius 2 is 2.00 bits per heavy atom. The van der Waals surface area contributed by atoms with Gasteiger partial charge in [0.25, 0.3) is 0 Å². The molecule has 0 heterocycles. The number of nitriles is 1. The van der Waals surface area contributed by atoms with Gasteiger partial charge < -0.3 is 10.1 Å². The van der Waals surface area contributed by atoms with E-state index in [-0.39, 0.29) is 0 Å². The monoisotopic (exact) mass is 246 g/mol. The molecule has 1 rings (SSSR count). The van der Waals surface area contributed by atoms with Gasteiger partial charge in [-0.1, -0.05) is 31.9 Å². The Balaban J connectivity index is 2.23. The van der Waals surface area contributed by atoms with Gasteiger partial charge in [0.1, 0.15) is 5.75 Å². The van der Waals surface area contributed by atoms with E-state index in [1.807, 2.05) is 12.1 Å². The highest BCUT2D eigenvalue weighted by Gasteiger charge is 1.95. The van der Waals surface area contributed by atoms with Crippen LogP contribution in [0.3, 0.4) is 0 Å². The van der Waals surface area contributed by atoms with Gasteiger partial charge in [0, 0.05) is 19.5 Å². The second-order valence-electron chi connectivity index (χ2n) is 4.28. The van der Waals surface area contributed by atoms with Crippen LogP contribution >= 0.6 is 0 Å². The summed E-state index contributed by atoms with van der Waals surface area (Å²) in [7, 11) is 0. The molecule has 0 bridgehead atoms. The molecule has 0 saturated heterocycles. The largest absolute Gasteiger partial charge is 0.494 e.